The first-order valence-electron chi connectivity index (χ1n) is 7.58. The molecule has 0 aromatic heterocycles. The van der Waals surface area contributed by atoms with E-state index in [-0.39, 0.29) is 5.91 Å². The molecule has 0 radical (unpaired) electrons. The van der Waals surface area contributed by atoms with Crippen LogP contribution < -0.4 is 0 Å². The maximum absolute atomic E-state index is 12.5. The van der Waals surface area contributed by atoms with Gasteiger partial charge in [0.25, 0.3) is 5.91 Å². The number of halogens is 1. The van der Waals surface area contributed by atoms with E-state index in [1.165, 1.54) is 18.4 Å². The van der Waals surface area contributed by atoms with Crippen LogP contribution in [0.2, 0.25) is 0 Å². The van der Waals surface area contributed by atoms with E-state index in [4.69, 9.17) is 0 Å². The van der Waals surface area contributed by atoms with E-state index in [0.717, 1.165) is 36.8 Å². The maximum Gasteiger partial charge on any atom is 0.253 e. The Morgan fingerprint density at radius 1 is 1.15 bits per heavy atom. The van der Waals surface area contributed by atoms with Crippen LogP contribution in [0, 0.1) is 5.41 Å². The summed E-state index contributed by atoms with van der Waals surface area (Å²) in [6.07, 6.45) is 4.74. The minimum absolute atomic E-state index is 0.187. The standard InChI is InChI=1S/C17H24BrNO/c1-3-17(4-2)9-11-19(12-10-17)16(20)15-7-5-14(13-18)6-8-15/h5-8H,3-4,9-13H2,1-2H3. The van der Waals surface area contributed by atoms with Crippen LogP contribution in [0.15, 0.2) is 24.3 Å². The third-order valence-corrected chi connectivity index (χ3v) is 5.61. The lowest BCUT2D eigenvalue weighted by atomic mass is 9.74. The van der Waals surface area contributed by atoms with Gasteiger partial charge >= 0.3 is 0 Å². The normalized spacial score (nSPS) is 18.1. The monoisotopic (exact) mass is 337 g/mol. The van der Waals surface area contributed by atoms with Gasteiger partial charge in [-0.2, -0.15) is 0 Å². The summed E-state index contributed by atoms with van der Waals surface area (Å²) in [5.41, 5.74) is 2.49. The van der Waals surface area contributed by atoms with Crippen LogP contribution in [0.4, 0.5) is 0 Å². The lowest BCUT2D eigenvalue weighted by Crippen LogP contribution is -2.42. The van der Waals surface area contributed by atoms with Crippen molar-refractivity contribution in [3.63, 3.8) is 0 Å². The van der Waals surface area contributed by atoms with Crippen molar-refractivity contribution in [1.29, 1.82) is 0 Å². The molecule has 0 N–H and O–H groups in total. The predicted octanol–water partition coefficient (Wildman–Crippen LogP) is 4.62. The zero-order valence-corrected chi connectivity index (χ0v) is 14.1. The fraction of sp³-hybridized carbons (Fsp3) is 0.588. The molecule has 1 fully saturated rings. The third-order valence-electron chi connectivity index (χ3n) is 4.97. The Hall–Kier alpha value is -0.830. The number of hydrogen-bond donors (Lipinski definition) is 0. The summed E-state index contributed by atoms with van der Waals surface area (Å²) in [6, 6.07) is 7.93. The predicted molar refractivity (Wildman–Crippen MR) is 87.2 cm³/mol. The number of rotatable bonds is 4. The molecule has 110 valence electrons. The highest BCUT2D eigenvalue weighted by molar-refractivity contribution is 9.08. The number of likely N-dealkylation sites (tertiary alicyclic amines) is 1. The fourth-order valence-electron chi connectivity index (χ4n) is 3.06. The van der Waals surface area contributed by atoms with E-state index in [1.807, 2.05) is 29.2 Å². The molecule has 0 unspecified atom stereocenters. The van der Waals surface area contributed by atoms with Crippen LogP contribution in [0.1, 0.15) is 55.5 Å². The number of amides is 1. The van der Waals surface area contributed by atoms with Crippen molar-refractivity contribution in [2.45, 2.75) is 44.9 Å². The van der Waals surface area contributed by atoms with Crippen LogP contribution >= 0.6 is 15.9 Å². The van der Waals surface area contributed by atoms with Crippen molar-refractivity contribution in [2.75, 3.05) is 13.1 Å². The van der Waals surface area contributed by atoms with Crippen LogP contribution in [0.5, 0.6) is 0 Å². The molecule has 1 heterocycles. The molecule has 20 heavy (non-hydrogen) atoms. The van der Waals surface area contributed by atoms with Crippen LogP contribution in [0.25, 0.3) is 0 Å². The van der Waals surface area contributed by atoms with Gasteiger partial charge in [-0.25, -0.2) is 0 Å². The van der Waals surface area contributed by atoms with Crippen LogP contribution in [-0.4, -0.2) is 23.9 Å². The molecule has 1 aromatic carbocycles. The Labute approximate surface area is 130 Å². The number of nitrogens with zero attached hydrogens (tertiary/aromatic N) is 1. The molecule has 1 aliphatic heterocycles. The first-order chi connectivity index (χ1) is 9.64. The molecule has 0 bridgehead atoms. The average Bonchev–Trinajstić information content (AvgIpc) is 2.54. The van der Waals surface area contributed by atoms with Gasteiger partial charge < -0.3 is 4.90 Å². The van der Waals surface area contributed by atoms with E-state index in [2.05, 4.69) is 29.8 Å². The van der Waals surface area contributed by atoms with Crippen molar-refractivity contribution < 1.29 is 4.79 Å². The van der Waals surface area contributed by atoms with Crippen molar-refractivity contribution in [3.05, 3.63) is 35.4 Å². The molecule has 0 atom stereocenters. The number of benzene rings is 1. The molecule has 0 spiro atoms. The van der Waals surface area contributed by atoms with E-state index >= 15 is 0 Å². The highest BCUT2D eigenvalue weighted by atomic mass is 79.9. The Balaban J connectivity index is 2.00. The molecule has 1 aliphatic rings. The van der Waals surface area contributed by atoms with Gasteiger partial charge in [-0.15, -0.1) is 0 Å². The summed E-state index contributed by atoms with van der Waals surface area (Å²) in [5.74, 6) is 0.187. The number of hydrogen-bond acceptors (Lipinski definition) is 1. The van der Waals surface area contributed by atoms with E-state index in [1.54, 1.807) is 0 Å². The maximum atomic E-state index is 12.5. The van der Waals surface area contributed by atoms with Gasteiger partial charge in [-0.05, 0) is 36.0 Å². The summed E-state index contributed by atoms with van der Waals surface area (Å²) < 4.78 is 0. The fourth-order valence-corrected chi connectivity index (χ4v) is 3.43. The minimum atomic E-state index is 0.187. The summed E-state index contributed by atoms with van der Waals surface area (Å²) in [4.78, 5) is 14.5. The van der Waals surface area contributed by atoms with Crippen molar-refractivity contribution >= 4 is 21.8 Å². The number of carbonyl (C=O) groups excluding carboxylic acids is 1. The minimum Gasteiger partial charge on any atom is -0.339 e. The molecule has 0 saturated carbocycles. The van der Waals surface area contributed by atoms with Gasteiger partial charge in [0.15, 0.2) is 0 Å². The van der Waals surface area contributed by atoms with Crippen LogP contribution in [0.3, 0.4) is 0 Å². The topological polar surface area (TPSA) is 20.3 Å². The lowest BCUT2D eigenvalue weighted by Gasteiger charge is -2.41. The van der Waals surface area contributed by atoms with Crippen molar-refractivity contribution in [2.24, 2.45) is 5.41 Å². The van der Waals surface area contributed by atoms with Crippen molar-refractivity contribution in [1.82, 2.24) is 4.90 Å². The Morgan fingerprint density at radius 2 is 1.70 bits per heavy atom. The molecule has 1 aromatic rings. The Kier molecular flexibility index (Phi) is 5.25. The van der Waals surface area contributed by atoms with Crippen LogP contribution in [-0.2, 0) is 5.33 Å². The number of carbonyl (C=O) groups is 1. The second-order valence-corrected chi connectivity index (χ2v) is 6.39. The molecule has 0 aliphatic carbocycles. The number of alkyl halides is 1. The summed E-state index contributed by atoms with van der Waals surface area (Å²) in [5, 5.41) is 0.834. The molecule has 2 nitrogen and oxygen atoms in total. The van der Waals surface area contributed by atoms with Gasteiger partial charge in [0.05, 0.1) is 0 Å². The quantitative estimate of drug-likeness (QED) is 0.734. The highest BCUT2D eigenvalue weighted by Crippen LogP contribution is 2.38. The Bertz CT molecular complexity index is 441. The molecule has 1 saturated heterocycles. The molecule has 1 amide bonds. The first-order valence-corrected chi connectivity index (χ1v) is 8.70. The summed E-state index contributed by atoms with van der Waals surface area (Å²) in [7, 11) is 0. The second kappa shape index (κ2) is 6.75. The summed E-state index contributed by atoms with van der Waals surface area (Å²) >= 11 is 3.43. The van der Waals surface area contributed by atoms with E-state index in [0.29, 0.717) is 5.41 Å². The Morgan fingerprint density at radius 3 is 2.15 bits per heavy atom. The smallest absolute Gasteiger partial charge is 0.253 e. The molecular formula is C17H24BrNO. The van der Waals surface area contributed by atoms with Gasteiger partial charge in [0, 0.05) is 24.0 Å². The molecule has 3 heteroatoms. The van der Waals surface area contributed by atoms with Gasteiger partial charge in [-0.1, -0.05) is 54.8 Å². The largest absolute Gasteiger partial charge is 0.339 e. The highest BCUT2D eigenvalue weighted by Gasteiger charge is 2.32. The number of piperidine rings is 1. The van der Waals surface area contributed by atoms with Crippen molar-refractivity contribution in [3.8, 4) is 0 Å². The third kappa shape index (κ3) is 3.25. The van der Waals surface area contributed by atoms with E-state index in [9.17, 15) is 4.79 Å². The van der Waals surface area contributed by atoms with Gasteiger partial charge in [0.2, 0.25) is 0 Å². The molecular weight excluding hydrogens is 314 g/mol. The second-order valence-electron chi connectivity index (χ2n) is 5.83. The molecule has 2 rings (SSSR count). The van der Waals surface area contributed by atoms with Gasteiger partial charge in [0.1, 0.15) is 0 Å². The lowest BCUT2D eigenvalue weighted by molar-refractivity contribution is 0.0558. The van der Waals surface area contributed by atoms with E-state index < -0.39 is 0 Å². The first kappa shape index (κ1) is 15.6. The zero-order valence-electron chi connectivity index (χ0n) is 12.5. The van der Waals surface area contributed by atoms with Gasteiger partial charge in [-0.3, -0.25) is 4.79 Å². The summed E-state index contributed by atoms with van der Waals surface area (Å²) in [6.45, 7) is 6.36. The average molecular weight is 338 g/mol. The SMILES string of the molecule is CCC1(CC)CCN(C(=O)c2ccc(CBr)cc2)CC1. The zero-order chi connectivity index (χ0) is 14.6.